The first kappa shape index (κ1) is 11.8. The van der Waals surface area contributed by atoms with Crippen molar-refractivity contribution >= 4 is 29.2 Å². The van der Waals surface area contributed by atoms with Crippen LogP contribution in [0.1, 0.15) is 16.7 Å². The Balaban J connectivity index is 3.30. The minimum Gasteiger partial charge on any atom is -0.481 e. The van der Waals surface area contributed by atoms with Crippen molar-refractivity contribution in [3.8, 4) is 6.07 Å². The van der Waals surface area contributed by atoms with Gasteiger partial charge in [0.05, 0.1) is 23.1 Å². The van der Waals surface area contributed by atoms with Gasteiger partial charge in [-0.25, -0.2) is 0 Å². The highest BCUT2D eigenvalue weighted by atomic mass is 35.5. The molecule has 0 fully saturated rings. The molecule has 1 aromatic rings. The fourth-order valence-corrected chi connectivity index (χ4v) is 1.79. The van der Waals surface area contributed by atoms with Crippen LogP contribution in [0.3, 0.4) is 0 Å². The lowest BCUT2D eigenvalue weighted by atomic mass is 10.0. The molecule has 0 aliphatic carbocycles. The molecule has 3 nitrogen and oxygen atoms in total. The molecule has 1 rings (SSSR count). The molecule has 0 saturated carbocycles. The topological polar surface area (TPSA) is 61.1 Å². The Hall–Kier alpha value is -1.24. The van der Waals surface area contributed by atoms with Crippen molar-refractivity contribution in [2.24, 2.45) is 0 Å². The van der Waals surface area contributed by atoms with Gasteiger partial charge in [-0.2, -0.15) is 5.26 Å². The lowest BCUT2D eigenvalue weighted by Crippen LogP contribution is -2.04. The predicted octanol–water partition coefficient (Wildman–Crippen LogP) is 2.58. The lowest BCUT2D eigenvalue weighted by Gasteiger charge is -2.07. The average molecular weight is 244 g/mol. The van der Waals surface area contributed by atoms with Gasteiger partial charge in [0.2, 0.25) is 0 Å². The number of nitrogens with zero attached hydrogens (tertiary/aromatic N) is 1. The van der Waals surface area contributed by atoms with E-state index in [2.05, 4.69) is 0 Å². The van der Waals surface area contributed by atoms with E-state index in [0.717, 1.165) is 0 Å². The SMILES string of the molecule is N#Cc1ccc(CCl)c(Cl)c1CC(=O)O. The standard InChI is InChI=1S/C10H7Cl2NO2/c11-4-6-1-2-7(5-13)8(10(6)12)3-9(14)15/h1-2H,3-4H2,(H,14,15). The zero-order valence-corrected chi connectivity index (χ0v) is 9.14. The molecule has 0 aliphatic rings. The highest BCUT2D eigenvalue weighted by Gasteiger charge is 2.13. The van der Waals surface area contributed by atoms with Crippen LogP contribution in [-0.4, -0.2) is 11.1 Å². The third-order valence-corrected chi connectivity index (χ3v) is 2.67. The van der Waals surface area contributed by atoms with Crippen LogP contribution in [0, 0.1) is 11.3 Å². The van der Waals surface area contributed by atoms with Crippen LogP contribution in [0.15, 0.2) is 12.1 Å². The molecule has 0 unspecified atom stereocenters. The third-order valence-electron chi connectivity index (χ3n) is 1.92. The van der Waals surface area contributed by atoms with Gasteiger partial charge in [-0.05, 0) is 17.2 Å². The van der Waals surface area contributed by atoms with Gasteiger partial charge in [0.1, 0.15) is 0 Å². The van der Waals surface area contributed by atoms with Crippen LogP contribution >= 0.6 is 23.2 Å². The number of aliphatic carboxylic acids is 1. The minimum absolute atomic E-state index is 0.192. The van der Waals surface area contributed by atoms with Crippen LogP contribution in [0.4, 0.5) is 0 Å². The highest BCUT2D eigenvalue weighted by molar-refractivity contribution is 6.33. The number of carbonyl (C=O) groups is 1. The van der Waals surface area contributed by atoms with Gasteiger partial charge in [-0.1, -0.05) is 17.7 Å². The van der Waals surface area contributed by atoms with E-state index in [4.69, 9.17) is 33.6 Å². The number of carboxylic acids is 1. The van der Waals surface area contributed by atoms with E-state index < -0.39 is 5.97 Å². The van der Waals surface area contributed by atoms with Crippen molar-refractivity contribution in [2.75, 3.05) is 0 Å². The summed E-state index contributed by atoms with van der Waals surface area (Å²) in [6, 6.07) is 5.06. The second-order valence-electron chi connectivity index (χ2n) is 2.88. The first-order valence-electron chi connectivity index (χ1n) is 4.08. The Bertz CT molecular complexity index is 438. The van der Waals surface area contributed by atoms with E-state index in [-0.39, 0.29) is 22.9 Å². The Morgan fingerprint density at radius 2 is 2.20 bits per heavy atom. The van der Waals surface area contributed by atoms with Gasteiger partial charge in [0, 0.05) is 5.88 Å². The summed E-state index contributed by atoms with van der Waals surface area (Å²) in [7, 11) is 0. The van der Waals surface area contributed by atoms with Gasteiger partial charge in [0.25, 0.3) is 0 Å². The number of rotatable bonds is 3. The summed E-state index contributed by atoms with van der Waals surface area (Å²) >= 11 is 11.6. The van der Waals surface area contributed by atoms with E-state index in [1.165, 1.54) is 6.07 Å². The summed E-state index contributed by atoms with van der Waals surface area (Å²) in [5, 5.41) is 17.7. The fourth-order valence-electron chi connectivity index (χ4n) is 1.20. The normalized spacial score (nSPS) is 9.67. The molecule has 1 aromatic carbocycles. The molecule has 15 heavy (non-hydrogen) atoms. The summed E-state index contributed by atoms with van der Waals surface area (Å²) in [6.07, 6.45) is -0.271. The monoisotopic (exact) mass is 243 g/mol. The molecule has 0 heterocycles. The van der Waals surface area contributed by atoms with Crippen molar-refractivity contribution in [1.82, 2.24) is 0 Å². The Morgan fingerprint density at radius 3 is 2.67 bits per heavy atom. The fraction of sp³-hybridized carbons (Fsp3) is 0.200. The van der Waals surface area contributed by atoms with Crippen molar-refractivity contribution in [2.45, 2.75) is 12.3 Å². The van der Waals surface area contributed by atoms with E-state index in [0.29, 0.717) is 11.1 Å². The molecule has 78 valence electrons. The number of benzene rings is 1. The molecule has 0 atom stereocenters. The lowest BCUT2D eigenvalue weighted by molar-refractivity contribution is -0.136. The molecular formula is C10H7Cl2NO2. The van der Waals surface area contributed by atoms with Crippen molar-refractivity contribution in [3.63, 3.8) is 0 Å². The van der Waals surface area contributed by atoms with Gasteiger partial charge < -0.3 is 5.11 Å². The van der Waals surface area contributed by atoms with Gasteiger partial charge >= 0.3 is 5.97 Å². The second kappa shape index (κ2) is 5.01. The first-order valence-corrected chi connectivity index (χ1v) is 4.99. The number of carboxylic acid groups (broad SMARTS) is 1. The van der Waals surface area contributed by atoms with Crippen LogP contribution < -0.4 is 0 Å². The zero-order chi connectivity index (χ0) is 11.4. The number of nitriles is 1. The first-order chi connectivity index (χ1) is 7.10. The Morgan fingerprint density at radius 1 is 1.53 bits per heavy atom. The maximum absolute atomic E-state index is 10.6. The maximum atomic E-state index is 10.6. The van der Waals surface area contributed by atoms with Crippen molar-refractivity contribution < 1.29 is 9.90 Å². The van der Waals surface area contributed by atoms with Gasteiger partial charge in [-0.3, -0.25) is 4.79 Å². The molecule has 0 bridgehead atoms. The van der Waals surface area contributed by atoms with Crippen LogP contribution in [-0.2, 0) is 17.1 Å². The van der Waals surface area contributed by atoms with Crippen molar-refractivity contribution in [3.05, 3.63) is 33.8 Å². The molecule has 0 radical (unpaired) electrons. The average Bonchev–Trinajstić information content (AvgIpc) is 2.20. The van der Waals surface area contributed by atoms with E-state index >= 15 is 0 Å². The second-order valence-corrected chi connectivity index (χ2v) is 3.53. The summed E-state index contributed by atoms with van der Waals surface area (Å²) in [4.78, 5) is 10.6. The molecule has 0 spiro atoms. The molecule has 5 heteroatoms. The van der Waals surface area contributed by atoms with E-state index in [1.54, 1.807) is 6.07 Å². The highest BCUT2D eigenvalue weighted by Crippen LogP contribution is 2.26. The largest absolute Gasteiger partial charge is 0.481 e. The Labute approximate surface area is 96.8 Å². The molecule has 1 N–H and O–H groups in total. The number of hydrogen-bond acceptors (Lipinski definition) is 2. The molecular weight excluding hydrogens is 237 g/mol. The number of hydrogen-bond donors (Lipinski definition) is 1. The number of halogens is 2. The van der Waals surface area contributed by atoms with E-state index in [1.807, 2.05) is 6.07 Å². The minimum atomic E-state index is -1.03. The quantitative estimate of drug-likeness (QED) is 0.831. The van der Waals surface area contributed by atoms with Gasteiger partial charge in [0.15, 0.2) is 0 Å². The molecule has 0 aliphatic heterocycles. The predicted molar refractivity (Wildman–Crippen MR) is 57.1 cm³/mol. The van der Waals surface area contributed by atoms with Crippen LogP contribution in [0.25, 0.3) is 0 Å². The van der Waals surface area contributed by atoms with Crippen molar-refractivity contribution in [1.29, 1.82) is 5.26 Å². The molecule has 0 aromatic heterocycles. The third kappa shape index (κ3) is 2.62. The summed E-state index contributed by atoms with van der Waals surface area (Å²) in [5.41, 5.74) is 1.23. The van der Waals surface area contributed by atoms with E-state index in [9.17, 15) is 4.79 Å². The van der Waals surface area contributed by atoms with Gasteiger partial charge in [-0.15, -0.1) is 11.6 Å². The molecule has 0 amide bonds. The zero-order valence-electron chi connectivity index (χ0n) is 7.63. The molecule has 0 saturated heterocycles. The number of alkyl halides is 1. The Kier molecular flexibility index (Phi) is 3.96. The van der Waals surface area contributed by atoms with Crippen LogP contribution in [0.2, 0.25) is 5.02 Å². The smallest absolute Gasteiger partial charge is 0.307 e. The summed E-state index contributed by atoms with van der Waals surface area (Å²) in [5.74, 6) is -0.836. The summed E-state index contributed by atoms with van der Waals surface area (Å²) < 4.78 is 0. The van der Waals surface area contributed by atoms with Crippen LogP contribution in [0.5, 0.6) is 0 Å². The summed E-state index contributed by atoms with van der Waals surface area (Å²) in [6.45, 7) is 0. The maximum Gasteiger partial charge on any atom is 0.307 e.